The zero-order valence-corrected chi connectivity index (χ0v) is 20.9. The molecule has 1 N–H and O–H groups in total. The molecule has 0 atom stereocenters. The van der Waals surface area contributed by atoms with Crippen molar-refractivity contribution in [3.63, 3.8) is 0 Å². The molecule has 1 fully saturated rings. The van der Waals surface area contributed by atoms with Crippen molar-refractivity contribution in [2.45, 2.75) is 58.1 Å². The van der Waals surface area contributed by atoms with Crippen LogP contribution < -0.4 is 14.8 Å². The number of alkyl carbamates (subject to hydrolysis) is 1. The first kappa shape index (κ1) is 23.9. The summed E-state index contributed by atoms with van der Waals surface area (Å²) in [7, 11) is 0. The summed E-state index contributed by atoms with van der Waals surface area (Å²) >= 11 is 0. The van der Waals surface area contributed by atoms with Crippen molar-refractivity contribution >= 4 is 11.9 Å². The van der Waals surface area contributed by atoms with Gasteiger partial charge in [0.15, 0.2) is 11.5 Å². The number of hydrogen-bond donors (Lipinski definition) is 1. The number of hydrogen-bond acceptors (Lipinski definition) is 5. The van der Waals surface area contributed by atoms with Gasteiger partial charge in [-0.1, -0.05) is 48.5 Å². The highest BCUT2D eigenvalue weighted by molar-refractivity contribution is 5.95. The van der Waals surface area contributed by atoms with Crippen LogP contribution in [0.25, 0.3) is 11.1 Å². The number of benzene rings is 3. The predicted molar refractivity (Wildman–Crippen MR) is 137 cm³/mol. The number of nitrogens with one attached hydrogen (secondary N) is 1. The molecule has 186 valence electrons. The molecule has 1 amide bonds. The van der Waals surface area contributed by atoms with Crippen LogP contribution in [0.3, 0.4) is 0 Å². The third-order valence-corrected chi connectivity index (χ3v) is 6.92. The second-order valence-electron chi connectivity index (χ2n) is 9.90. The van der Waals surface area contributed by atoms with Crippen LogP contribution in [-0.4, -0.2) is 24.8 Å². The maximum absolute atomic E-state index is 13.5. The first-order valence-corrected chi connectivity index (χ1v) is 12.4. The van der Waals surface area contributed by atoms with Gasteiger partial charge in [0.2, 0.25) is 6.79 Å². The lowest BCUT2D eigenvalue weighted by Crippen LogP contribution is -2.26. The monoisotopic (exact) mass is 485 g/mol. The van der Waals surface area contributed by atoms with Crippen LogP contribution in [0.4, 0.5) is 4.79 Å². The molecule has 2 aliphatic rings. The number of rotatable bonds is 8. The zero-order chi connectivity index (χ0) is 25.3. The van der Waals surface area contributed by atoms with E-state index in [1.807, 2.05) is 62.4 Å². The van der Waals surface area contributed by atoms with Crippen molar-refractivity contribution in [1.29, 1.82) is 0 Å². The summed E-state index contributed by atoms with van der Waals surface area (Å²) < 4.78 is 16.1. The largest absolute Gasteiger partial charge is 0.454 e. The lowest BCUT2D eigenvalue weighted by Gasteiger charge is -2.16. The van der Waals surface area contributed by atoms with Crippen molar-refractivity contribution in [1.82, 2.24) is 5.32 Å². The number of fused-ring (bicyclic) bond motifs is 1. The molecule has 1 aliphatic carbocycles. The Morgan fingerprint density at radius 2 is 1.67 bits per heavy atom. The van der Waals surface area contributed by atoms with Gasteiger partial charge in [0.05, 0.1) is 11.5 Å². The second kappa shape index (κ2) is 9.69. The summed E-state index contributed by atoms with van der Waals surface area (Å²) in [4.78, 5) is 25.2. The molecule has 0 aromatic heterocycles. The highest BCUT2D eigenvalue weighted by atomic mass is 16.7. The van der Waals surface area contributed by atoms with Crippen LogP contribution in [-0.2, 0) is 27.9 Å². The number of aryl methyl sites for hydroxylation is 1. The average molecular weight is 486 g/mol. The first-order valence-electron chi connectivity index (χ1n) is 12.4. The van der Waals surface area contributed by atoms with E-state index in [0.717, 1.165) is 57.7 Å². The van der Waals surface area contributed by atoms with Gasteiger partial charge in [-0.25, -0.2) is 4.79 Å². The molecule has 6 nitrogen and oxygen atoms in total. The van der Waals surface area contributed by atoms with Gasteiger partial charge in [-0.05, 0) is 79.1 Å². The molecule has 36 heavy (non-hydrogen) atoms. The Hall–Kier alpha value is -3.80. The molecular formula is C30H31NO5. The highest BCUT2D eigenvalue weighted by Gasteiger charge is 2.50. The van der Waals surface area contributed by atoms with Gasteiger partial charge in [-0.2, -0.15) is 0 Å². The number of carbonyl (C=O) groups is 2. The van der Waals surface area contributed by atoms with Crippen molar-refractivity contribution < 1.29 is 23.8 Å². The highest BCUT2D eigenvalue weighted by Crippen LogP contribution is 2.51. The smallest absolute Gasteiger partial charge is 0.407 e. The van der Waals surface area contributed by atoms with E-state index >= 15 is 0 Å². The number of carbonyl (C=O) groups excluding carboxylic acids is 2. The van der Waals surface area contributed by atoms with E-state index < -0.39 is 11.5 Å². The molecule has 1 saturated carbocycles. The summed E-state index contributed by atoms with van der Waals surface area (Å²) in [6.45, 7) is 6.35. The minimum absolute atomic E-state index is 0.152. The number of ketones is 1. The molecule has 0 bridgehead atoms. The molecule has 0 saturated heterocycles. The van der Waals surface area contributed by atoms with E-state index in [2.05, 4.69) is 24.4 Å². The third kappa shape index (κ3) is 4.94. The first-order chi connectivity index (χ1) is 17.3. The van der Waals surface area contributed by atoms with Crippen LogP contribution in [0.2, 0.25) is 0 Å². The Kier molecular flexibility index (Phi) is 6.44. The van der Waals surface area contributed by atoms with Crippen molar-refractivity contribution in [2.75, 3.05) is 6.79 Å². The van der Waals surface area contributed by atoms with Gasteiger partial charge < -0.3 is 19.5 Å². The fraction of sp³-hybridized carbons (Fsp3) is 0.333. The van der Waals surface area contributed by atoms with Gasteiger partial charge in [-0.15, -0.1) is 0 Å². The lowest BCUT2D eigenvalue weighted by atomic mass is 9.87. The van der Waals surface area contributed by atoms with Gasteiger partial charge in [-0.3, -0.25) is 4.79 Å². The molecule has 1 heterocycles. The number of Topliss-reactive ketones (excluding diaryl/α,β-unsaturated/α-hetero) is 1. The summed E-state index contributed by atoms with van der Waals surface area (Å²) in [6.07, 6.45) is 1.55. The summed E-state index contributed by atoms with van der Waals surface area (Å²) in [5, 5.41) is 2.77. The Balaban J connectivity index is 1.28. The molecule has 3 aromatic carbocycles. The van der Waals surface area contributed by atoms with Crippen LogP contribution in [0.5, 0.6) is 11.5 Å². The Morgan fingerprint density at radius 3 is 2.39 bits per heavy atom. The molecule has 0 spiro atoms. The van der Waals surface area contributed by atoms with E-state index in [1.54, 1.807) is 0 Å². The van der Waals surface area contributed by atoms with Gasteiger partial charge in [0.1, 0.15) is 5.78 Å². The molecule has 6 heteroatoms. The SMILES string of the molecule is Cc1ccc(CC(=O)C2(c3ccc4c(c3)OCO4)CC2)cc1-c1ccc(CNC(=O)OC(C)C)cc1. The number of ether oxygens (including phenoxy) is 3. The third-order valence-electron chi connectivity index (χ3n) is 6.92. The quantitative estimate of drug-likeness (QED) is 0.432. The maximum atomic E-state index is 13.5. The lowest BCUT2D eigenvalue weighted by molar-refractivity contribution is -0.120. The normalized spacial score (nSPS) is 15.0. The van der Waals surface area contributed by atoms with Crippen molar-refractivity contribution in [2.24, 2.45) is 0 Å². The van der Waals surface area contributed by atoms with E-state index in [9.17, 15) is 9.59 Å². The fourth-order valence-electron chi connectivity index (χ4n) is 4.72. The van der Waals surface area contributed by atoms with Crippen LogP contribution in [0, 0.1) is 6.92 Å². The number of amides is 1. The molecular weight excluding hydrogens is 454 g/mol. The Bertz CT molecular complexity index is 1290. The second-order valence-corrected chi connectivity index (χ2v) is 9.90. The molecule has 5 rings (SSSR count). The predicted octanol–water partition coefficient (Wildman–Crippen LogP) is 5.87. The van der Waals surface area contributed by atoms with Gasteiger partial charge in [0.25, 0.3) is 0 Å². The van der Waals surface area contributed by atoms with Crippen molar-refractivity contribution in [3.05, 3.63) is 82.9 Å². The molecule has 3 aromatic rings. The van der Waals surface area contributed by atoms with E-state index in [4.69, 9.17) is 14.2 Å². The van der Waals surface area contributed by atoms with E-state index in [0.29, 0.717) is 13.0 Å². The average Bonchev–Trinajstić information content (AvgIpc) is 3.54. The summed E-state index contributed by atoms with van der Waals surface area (Å²) in [5.74, 6) is 1.70. The Labute approximate surface area is 211 Å². The van der Waals surface area contributed by atoms with Crippen LogP contribution in [0.1, 0.15) is 48.9 Å². The minimum Gasteiger partial charge on any atom is -0.454 e. The summed E-state index contributed by atoms with van der Waals surface area (Å²) in [5.41, 5.74) is 5.93. The van der Waals surface area contributed by atoms with E-state index in [1.165, 1.54) is 0 Å². The standard InChI is InChI=1S/C30H31NO5/c1-19(2)36-29(33)31-17-21-6-8-23(9-7-21)25-14-22(5-4-20(25)3)15-28(32)30(12-13-30)24-10-11-26-27(16-24)35-18-34-26/h4-11,14,16,19H,12-13,15,17-18H2,1-3H3,(H,31,33). The summed E-state index contributed by atoms with van der Waals surface area (Å²) in [6, 6.07) is 20.2. The Morgan fingerprint density at radius 1 is 0.944 bits per heavy atom. The van der Waals surface area contributed by atoms with Crippen molar-refractivity contribution in [3.8, 4) is 22.6 Å². The molecule has 0 radical (unpaired) electrons. The molecule has 0 unspecified atom stereocenters. The van der Waals surface area contributed by atoms with Crippen LogP contribution >= 0.6 is 0 Å². The topological polar surface area (TPSA) is 73.9 Å². The van der Waals surface area contributed by atoms with Crippen LogP contribution in [0.15, 0.2) is 60.7 Å². The zero-order valence-electron chi connectivity index (χ0n) is 20.9. The molecule has 1 aliphatic heterocycles. The van der Waals surface area contributed by atoms with Gasteiger partial charge >= 0.3 is 6.09 Å². The van der Waals surface area contributed by atoms with Gasteiger partial charge in [0, 0.05) is 13.0 Å². The maximum Gasteiger partial charge on any atom is 0.407 e. The van der Waals surface area contributed by atoms with E-state index in [-0.39, 0.29) is 18.7 Å². The minimum atomic E-state index is -0.420. The fourth-order valence-corrected chi connectivity index (χ4v) is 4.72.